The number of likely N-dealkylation sites (N-methyl/N-ethyl adjacent to an activating group) is 2. The molecule has 2 aliphatic rings. The van der Waals surface area contributed by atoms with Crippen LogP contribution in [0.1, 0.15) is 55.7 Å². The van der Waals surface area contributed by atoms with Crippen molar-refractivity contribution in [1.82, 2.24) is 10.2 Å². The first-order valence-corrected chi connectivity index (χ1v) is 8.75. The lowest BCUT2D eigenvalue weighted by Crippen LogP contribution is -2.46. The van der Waals surface area contributed by atoms with Gasteiger partial charge in [-0.3, -0.25) is 0 Å². The Balaban J connectivity index is 1.69. The maximum Gasteiger partial charge on any atom is 0.0478 e. The van der Waals surface area contributed by atoms with Crippen molar-refractivity contribution in [3.05, 3.63) is 35.4 Å². The topological polar surface area (TPSA) is 15.3 Å². The molecule has 0 aromatic heterocycles. The summed E-state index contributed by atoms with van der Waals surface area (Å²) in [7, 11) is 4.46. The average molecular weight is 286 g/mol. The summed E-state index contributed by atoms with van der Waals surface area (Å²) in [6.07, 6.45) is 9.74. The molecule has 3 rings (SSSR count). The van der Waals surface area contributed by atoms with Crippen LogP contribution in [0.3, 0.4) is 0 Å². The number of aryl methyl sites for hydroxylation is 1. The van der Waals surface area contributed by atoms with E-state index in [9.17, 15) is 0 Å². The van der Waals surface area contributed by atoms with Gasteiger partial charge < -0.3 is 10.2 Å². The van der Waals surface area contributed by atoms with Crippen LogP contribution in [-0.2, 0) is 6.42 Å². The lowest BCUT2D eigenvalue weighted by molar-refractivity contribution is 0.140. The van der Waals surface area contributed by atoms with Crippen molar-refractivity contribution in [1.29, 1.82) is 0 Å². The van der Waals surface area contributed by atoms with Gasteiger partial charge in [-0.15, -0.1) is 0 Å². The molecule has 1 fully saturated rings. The van der Waals surface area contributed by atoms with Gasteiger partial charge in [-0.05, 0) is 56.8 Å². The Labute approximate surface area is 129 Å². The number of fused-ring (bicyclic) bond motifs is 1. The SMILES string of the molecule is CNC1c2ccccc2CCC1N(C)CC1CCCCC1. The van der Waals surface area contributed by atoms with Gasteiger partial charge in [-0.25, -0.2) is 0 Å². The van der Waals surface area contributed by atoms with Crippen molar-refractivity contribution >= 4 is 0 Å². The Hall–Kier alpha value is -0.860. The normalized spacial score (nSPS) is 26.8. The predicted octanol–water partition coefficient (Wildman–Crippen LogP) is 3.77. The number of hydrogen-bond donors (Lipinski definition) is 1. The van der Waals surface area contributed by atoms with Gasteiger partial charge in [-0.1, -0.05) is 43.5 Å². The van der Waals surface area contributed by atoms with Gasteiger partial charge in [0.2, 0.25) is 0 Å². The molecule has 0 radical (unpaired) electrons. The van der Waals surface area contributed by atoms with E-state index >= 15 is 0 Å². The van der Waals surface area contributed by atoms with Gasteiger partial charge in [0.15, 0.2) is 0 Å². The minimum Gasteiger partial charge on any atom is -0.312 e. The van der Waals surface area contributed by atoms with E-state index in [2.05, 4.69) is 48.6 Å². The highest BCUT2D eigenvalue weighted by atomic mass is 15.2. The second-order valence-electron chi connectivity index (χ2n) is 7.01. The van der Waals surface area contributed by atoms with E-state index in [1.165, 1.54) is 57.1 Å². The summed E-state index contributed by atoms with van der Waals surface area (Å²) < 4.78 is 0. The third kappa shape index (κ3) is 3.32. The molecule has 0 bridgehead atoms. The first kappa shape index (κ1) is 15.1. The zero-order chi connectivity index (χ0) is 14.7. The molecule has 2 unspecified atom stereocenters. The van der Waals surface area contributed by atoms with Gasteiger partial charge in [0.25, 0.3) is 0 Å². The average Bonchev–Trinajstić information content (AvgIpc) is 2.54. The highest BCUT2D eigenvalue weighted by Crippen LogP contribution is 2.33. The molecule has 0 heterocycles. The van der Waals surface area contributed by atoms with Crippen LogP contribution in [0.15, 0.2) is 24.3 Å². The minimum atomic E-state index is 0.489. The summed E-state index contributed by atoms with van der Waals surface area (Å²) >= 11 is 0. The molecular weight excluding hydrogens is 256 g/mol. The third-order valence-electron chi connectivity index (χ3n) is 5.63. The van der Waals surface area contributed by atoms with Crippen LogP contribution in [-0.4, -0.2) is 31.6 Å². The summed E-state index contributed by atoms with van der Waals surface area (Å²) in [5.41, 5.74) is 3.06. The molecule has 2 nitrogen and oxygen atoms in total. The highest BCUT2D eigenvalue weighted by Gasteiger charge is 2.31. The largest absolute Gasteiger partial charge is 0.312 e. The van der Waals surface area contributed by atoms with Gasteiger partial charge >= 0.3 is 0 Å². The number of nitrogens with one attached hydrogen (secondary N) is 1. The van der Waals surface area contributed by atoms with Gasteiger partial charge in [0.1, 0.15) is 0 Å². The summed E-state index contributed by atoms with van der Waals surface area (Å²) in [6, 6.07) is 10.1. The second-order valence-corrected chi connectivity index (χ2v) is 7.01. The number of benzene rings is 1. The fourth-order valence-corrected chi connectivity index (χ4v) is 4.48. The molecular formula is C19H30N2. The molecule has 1 aromatic carbocycles. The Morgan fingerprint density at radius 3 is 2.62 bits per heavy atom. The summed E-state index contributed by atoms with van der Waals surface area (Å²) in [4.78, 5) is 2.65. The standard InChI is InChI=1S/C19H30N2/c1-20-19-17-11-7-6-10-16(17)12-13-18(19)21(2)14-15-8-4-3-5-9-15/h6-7,10-11,15,18-20H,3-5,8-9,12-14H2,1-2H3. The quantitative estimate of drug-likeness (QED) is 0.906. The van der Waals surface area contributed by atoms with Crippen LogP contribution < -0.4 is 5.32 Å². The van der Waals surface area contributed by atoms with Crippen molar-refractivity contribution in [3.8, 4) is 0 Å². The monoisotopic (exact) mass is 286 g/mol. The van der Waals surface area contributed by atoms with E-state index in [0.29, 0.717) is 12.1 Å². The van der Waals surface area contributed by atoms with Crippen molar-refractivity contribution in [2.45, 2.75) is 57.0 Å². The van der Waals surface area contributed by atoms with Crippen molar-refractivity contribution < 1.29 is 0 Å². The Morgan fingerprint density at radius 2 is 1.86 bits per heavy atom. The van der Waals surface area contributed by atoms with Crippen LogP contribution in [0.4, 0.5) is 0 Å². The van der Waals surface area contributed by atoms with E-state index in [4.69, 9.17) is 0 Å². The maximum absolute atomic E-state index is 3.59. The zero-order valence-corrected chi connectivity index (χ0v) is 13.6. The zero-order valence-electron chi connectivity index (χ0n) is 13.6. The Bertz CT molecular complexity index is 451. The molecule has 1 aromatic rings. The molecule has 2 heteroatoms. The molecule has 1 N–H and O–H groups in total. The number of hydrogen-bond acceptors (Lipinski definition) is 2. The molecule has 1 saturated carbocycles. The summed E-state index contributed by atoms with van der Waals surface area (Å²) in [6.45, 7) is 1.28. The van der Waals surface area contributed by atoms with E-state index in [0.717, 1.165) is 5.92 Å². The second kappa shape index (κ2) is 6.93. The van der Waals surface area contributed by atoms with E-state index in [1.807, 2.05) is 0 Å². The van der Waals surface area contributed by atoms with Crippen LogP contribution in [0.2, 0.25) is 0 Å². The maximum atomic E-state index is 3.59. The van der Waals surface area contributed by atoms with Crippen LogP contribution >= 0.6 is 0 Å². The molecule has 21 heavy (non-hydrogen) atoms. The molecule has 0 aliphatic heterocycles. The molecule has 2 atom stereocenters. The summed E-state index contributed by atoms with van der Waals surface area (Å²) in [5.74, 6) is 0.929. The number of nitrogens with zero attached hydrogens (tertiary/aromatic N) is 1. The first-order valence-electron chi connectivity index (χ1n) is 8.75. The van der Waals surface area contributed by atoms with Crippen LogP contribution in [0.25, 0.3) is 0 Å². The van der Waals surface area contributed by atoms with Crippen molar-refractivity contribution in [2.75, 3.05) is 20.6 Å². The molecule has 116 valence electrons. The Morgan fingerprint density at radius 1 is 1.10 bits per heavy atom. The predicted molar refractivity (Wildman–Crippen MR) is 89.6 cm³/mol. The molecule has 0 amide bonds. The fourth-order valence-electron chi connectivity index (χ4n) is 4.48. The number of rotatable bonds is 4. The lowest BCUT2D eigenvalue weighted by Gasteiger charge is -2.41. The minimum absolute atomic E-state index is 0.489. The smallest absolute Gasteiger partial charge is 0.0478 e. The highest BCUT2D eigenvalue weighted by molar-refractivity contribution is 5.33. The van der Waals surface area contributed by atoms with E-state index in [-0.39, 0.29) is 0 Å². The van der Waals surface area contributed by atoms with Crippen LogP contribution in [0.5, 0.6) is 0 Å². The molecule has 0 spiro atoms. The first-order chi connectivity index (χ1) is 10.3. The third-order valence-corrected chi connectivity index (χ3v) is 5.63. The van der Waals surface area contributed by atoms with Crippen LogP contribution in [0, 0.1) is 5.92 Å². The molecule has 0 saturated heterocycles. The van der Waals surface area contributed by atoms with Gasteiger partial charge in [0, 0.05) is 18.6 Å². The lowest BCUT2D eigenvalue weighted by atomic mass is 9.82. The van der Waals surface area contributed by atoms with E-state index < -0.39 is 0 Å². The van der Waals surface area contributed by atoms with Crippen molar-refractivity contribution in [2.24, 2.45) is 5.92 Å². The fraction of sp³-hybridized carbons (Fsp3) is 0.684. The van der Waals surface area contributed by atoms with Crippen molar-refractivity contribution in [3.63, 3.8) is 0 Å². The summed E-state index contributed by atoms with van der Waals surface area (Å²) in [5, 5.41) is 3.59. The van der Waals surface area contributed by atoms with Gasteiger partial charge in [0.05, 0.1) is 0 Å². The van der Waals surface area contributed by atoms with E-state index in [1.54, 1.807) is 5.56 Å². The Kier molecular flexibility index (Phi) is 4.97. The molecule has 2 aliphatic carbocycles. The van der Waals surface area contributed by atoms with Gasteiger partial charge in [-0.2, -0.15) is 0 Å².